The molecule has 0 saturated carbocycles. The Bertz CT molecular complexity index is 1940. The normalized spacial score (nSPS) is 15.8. The second kappa shape index (κ2) is 15.1. The second-order valence-corrected chi connectivity index (χ2v) is 12.6. The van der Waals surface area contributed by atoms with E-state index in [0.717, 1.165) is 37.0 Å². The van der Waals surface area contributed by atoms with Gasteiger partial charge in [0.2, 0.25) is 11.8 Å². The molecule has 1 unspecified atom stereocenters. The highest BCUT2D eigenvalue weighted by atomic mass is 19.4. The Morgan fingerprint density at radius 3 is 2.53 bits per heavy atom. The van der Waals surface area contributed by atoms with Crippen LogP contribution in [0.1, 0.15) is 69.5 Å². The molecule has 3 N–H and O–H groups in total. The van der Waals surface area contributed by atoms with Gasteiger partial charge in [-0.2, -0.15) is 13.2 Å². The highest BCUT2D eigenvalue weighted by Crippen LogP contribution is 2.32. The lowest BCUT2D eigenvalue weighted by atomic mass is 10.0. The van der Waals surface area contributed by atoms with Crippen molar-refractivity contribution in [3.8, 4) is 17.0 Å². The van der Waals surface area contributed by atoms with E-state index in [1.807, 2.05) is 19.3 Å². The molecule has 14 heteroatoms. The largest absolute Gasteiger partial charge is 0.494 e. The summed E-state index contributed by atoms with van der Waals surface area (Å²) in [5.74, 6) is -0.617. The zero-order valence-electron chi connectivity index (χ0n) is 27.9. The number of aromatic nitrogens is 2. The van der Waals surface area contributed by atoms with E-state index in [9.17, 15) is 32.3 Å². The van der Waals surface area contributed by atoms with Gasteiger partial charge in [0.25, 0.3) is 11.8 Å². The first-order valence-electron chi connectivity index (χ1n) is 16.7. The van der Waals surface area contributed by atoms with E-state index in [0.29, 0.717) is 59.0 Å². The lowest BCUT2D eigenvalue weighted by molar-refractivity contribution is -0.138. The van der Waals surface area contributed by atoms with Crippen LogP contribution in [0.5, 0.6) is 5.75 Å². The van der Waals surface area contributed by atoms with Gasteiger partial charge in [0.05, 0.1) is 24.2 Å². The van der Waals surface area contributed by atoms with Crippen LogP contribution < -0.4 is 20.7 Å². The highest BCUT2D eigenvalue weighted by molar-refractivity contribution is 6.05. The summed E-state index contributed by atoms with van der Waals surface area (Å²) in [7, 11) is 1.83. The van der Waals surface area contributed by atoms with Crippen molar-refractivity contribution < 1.29 is 37.1 Å². The number of nitrogens with one attached hydrogen (secondary N) is 3. The molecule has 3 heterocycles. The first-order chi connectivity index (χ1) is 24.5. The van der Waals surface area contributed by atoms with Gasteiger partial charge in [0.15, 0.2) is 0 Å². The number of aryl methyl sites for hydroxylation is 1. The number of alkyl halides is 3. The number of rotatable bonds is 13. The predicted molar refractivity (Wildman–Crippen MR) is 182 cm³/mol. The maximum atomic E-state index is 13.0. The Morgan fingerprint density at radius 2 is 1.80 bits per heavy atom. The van der Waals surface area contributed by atoms with E-state index in [1.165, 1.54) is 17.0 Å². The summed E-state index contributed by atoms with van der Waals surface area (Å²) in [6.07, 6.45) is 1.86. The van der Waals surface area contributed by atoms with Gasteiger partial charge in [-0.15, -0.1) is 0 Å². The molecule has 0 radical (unpaired) electrons. The van der Waals surface area contributed by atoms with Gasteiger partial charge >= 0.3 is 6.18 Å². The minimum Gasteiger partial charge on any atom is -0.494 e. The molecule has 6 rings (SSSR count). The van der Waals surface area contributed by atoms with Crippen LogP contribution in [0.25, 0.3) is 11.3 Å². The summed E-state index contributed by atoms with van der Waals surface area (Å²) in [6, 6.07) is 14.8. The van der Waals surface area contributed by atoms with Crippen LogP contribution in [0, 0.1) is 0 Å². The van der Waals surface area contributed by atoms with Gasteiger partial charge in [-0.05, 0) is 85.3 Å². The van der Waals surface area contributed by atoms with Crippen molar-refractivity contribution in [2.75, 3.05) is 18.5 Å². The number of carbonyl (C=O) groups is 4. The number of anilines is 1. The van der Waals surface area contributed by atoms with Crippen LogP contribution in [-0.4, -0.2) is 57.3 Å². The smallest absolute Gasteiger partial charge is 0.416 e. The van der Waals surface area contributed by atoms with Gasteiger partial charge in [0.1, 0.15) is 11.8 Å². The summed E-state index contributed by atoms with van der Waals surface area (Å²) in [5, 5.41) is 8.52. The molecule has 1 aromatic heterocycles. The van der Waals surface area contributed by atoms with Crippen molar-refractivity contribution in [1.82, 2.24) is 25.1 Å². The van der Waals surface area contributed by atoms with Gasteiger partial charge in [-0.3, -0.25) is 24.5 Å². The molecule has 1 atom stereocenters. The molecule has 4 amide bonds. The molecule has 1 fully saturated rings. The molecule has 1 saturated heterocycles. The standard InChI is InChI=1S/C37H37F3N6O5/c1-45-21-31(43-22-45)29-18-24(7-12-30(29)42-19-23-5-8-26(9-6-23)37(38,39)40)34(48)41-15-3-2-4-16-51-27-10-11-28-25(17-27)20-46(36(28)50)32-13-14-33(47)44-35(32)49/h5-12,17-18,21-22,32,42H,2-4,13-16,19-20H2,1H3,(H,41,48)(H,44,47,49). The van der Waals surface area contributed by atoms with Crippen LogP contribution in [0.3, 0.4) is 0 Å². The van der Waals surface area contributed by atoms with Crippen molar-refractivity contribution in [3.63, 3.8) is 0 Å². The summed E-state index contributed by atoms with van der Waals surface area (Å²) >= 11 is 0. The molecular weight excluding hydrogens is 665 g/mol. The van der Waals surface area contributed by atoms with Crippen molar-refractivity contribution in [2.24, 2.45) is 7.05 Å². The first-order valence-corrected chi connectivity index (χ1v) is 16.7. The number of piperidine rings is 1. The number of ether oxygens (including phenoxy) is 1. The minimum atomic E-state index is -4.40. The Hall–Kier alpha value is -5.66. The van der Waals surface area contributed by atoms with Crippen LogP contribution in [-0.2, 0) is 35.9 Å². The van der Waals surface area contributed by atoms with Gasteiger partial charge < -0.3 is 24.8 Å². The number of nitrogens with zero attached hydrogens (tertiary/aromatic N) is 3. The molecule has 0 bridgehead atoms. The fourth-order valence-corrected chi connectivity index (χ4v) is 6.15. The minimum absolute atomic E-state index is 0.200. The quantitative estimate of drug-likeness (QED) is 0.125. The number of halogens is 3. The molecule has 2 aliphatic rings. The molecule has 4 aromatic rings. The zero-order chi connectivity index (χ0) is 36.1. The van der Waals surface area contributed by atoms with E-state index in [4.69, 9.17) is 4.74 Å². The van der Waals surface area contributed by atoms with Gasteiger partial charge in [-0.1, -0.05) is 12.1 Å². The van der Waals surface area contributed by atoms with Gasteiger partial charge in [-0.25, -0.2) is 4.98 Å². The molecular formula is C37H37F3N6O5. The molecule has 51 heavy (non-hydrogen) atoms. The molecule has 0 aliphatic carbocycles. The van der Waals surface area contributed by atoms with Crippen LogP contribution in [0.4, 0.5) is 18.9 Å². The Labute approximate surface area is 292 Å². The van der Waals surface area contributed by atoms with Crippen LogP contribution in [0.15, 0.2) is 73.2 Å². The van der Waals surface area contributed by atoms with Crippen molar-refractivity contribution in [3.05, 3.63) is 101 Å². The van der Waals surface area contributed by atoms with Gasteiger partial charge in [0, 0.05) is 61.7 Å². The monoisotopic (exact) mass is 702 g/mol. The third kappa shape index (κ3) is 8.39. The predicted octanol–water partition coefficient (Wildman–Crippen LogP) is 5.46. The first kappa shape index (κ1) is 35.2. The number of imide groups is 1. The molecule has 0 spiro atoms. The Morgan fingerprint density at radius 1 is 1.00 bits per heavy atom. The van der Waals surface area contributed by atoms with Crippen molar-refractivity contribution in [1.29, 1.82) is 0 Å². The van der Waals surface area contributed by atoms with E-state index in [2.05, 4.69) is 20.9 Å². The van der Waals surface area contributed by atoms with E-state index in [1.54, 1.807) is 41.2 Å². The average Bonchev–Trinajstić information content (AvgIpc) is 3.68. The number of fused-ring (bicyclic) bond motifs is 1. The fraction of sp³-hybridized carbons (Fsp3) is 0.324. The van der Waals surface area contributed by atoms with E-state index < -0.39 is 23.7 Å². The second-order valence-electron chi connectivity index (χ2n) is 12.6. The van der Waals surface area contributed by atoms with Crippen molar-refractivity contribution >= 4 is 29.3 Å². The maximum Gasteiger partial charge on any atom is 0.416 e. The number of hydrogen-bond donors (Lipinski definition) is 3. The Kier molecular flexibility index (Phi) is 10.4. The van der Waals surface area contributed by atoms with E-state index >= 15 is 0 Å². The summed E-state index contributed by atoms with van der Waals surface area (Å²) in [5.41, 5.74) is 3.73. The summed E-state index contributed by atoms with van der Waals surface area (Å²) < 4.78 is 46.5. The molecule has 2 aliphatic heterocycles. The average molecular weight is 703 g/mol. The lowest BCUT2D eigenvalue weighted by Crippen LogP contribution is -2.52. The van der Waals surface area contributed by atoms with E-state index in [-0.39, 0.29) is 37.2 Å². The van der Waals surface area contributed by atoms with Crippen LogP contribution >= 0.6 is 0 Å². The Balaban J connectivity index is 0.959. The topological polar surface area (TPSA) is 135 Å². The number of carbonyl (C=O) groups excluding carboxylic acids is 4. The zero-order valence-corrected chi connectivity index (χ0v) is 27.9. The summed E-state index contributed by atoms with van der Waals surface area (Å²) in [6.45, 7) is 1.47. The molecule has 266 valence electrons. The number of hydrogen-bond acceptors (Lipinski definition) is 7. The summed E-state index contributed by atoms with van der Waals surface area (Å²) in [4.78, 5) is 55.7. The number of imidazole rings is 1. The maximum absolute atomic E-state index is 13.0. The number of unbranched alkanes of at least 4 members (excludes halogenated alkanes) is 2. The van der Waals surface area contributed by atoms with Crippen LogP contribution in [0.2, 0.25) is 0 Å². The van der Waals surface area contributed by atoms with Crippen molar-refractivity contribution in [2.45, 2.75) is 57.4 Å². The number of amides is 4. The third-order valence-corrected chi connectivity index (χ3v) is 8.90. The lowest BCUT2D eigenvalue weighted by Gasteiger charge is -2.29. The highest BCUT2D eigenvalue weighted by Gasteiger charge is 2.39. The molecule has 11 nitrogen and oxygen atoms in total. The number of benzene rings is 3. The SMILES string of the molecule is Cn1cnc(-c2cc(C(=O)NCCCCCOc3ccc4c(c3)CN(C3CCC(=O)NC3=O)C4=O)ccc2NCc2ccc(C(F)(F)F)cc2)c1. The fourth-order valence-electron chi connectivity index (χ4n) is 6.15. The molecule has 3 aromatic carbocycles. The third-order valence-electron chi connectivity index (χ3n) is 8.90.